The number of benzene rings is 2. The Hall–Kier alpha value is -4.42. The molecule has 0 saturated carbocycles. The maximum atomic E-state index is 13.3. The van der Waals surface area contributed by atoms with Crippen molar-refractivity contribution in [2.45, 2.75) is 56.3 Å². The summed E-state index contributed by atoms with van der Waals surface area (Å²) in [6.45, 7) is -1.66. The summed E-state index contributed by atoms with van der Waals surface area (Å²) in [5.41, 5.74) is 0.956. The molecule has 262 valence electrons. The van der Waals surface area contributed by atoms with Gasteiger partial charge in [0.05, 0.1) is 44.7 Å². The number of aromatic hydroxyl groups is 4. The standard InChI is InChI=1S/C32H38O16/c33-8-5-18-19(13-26(39)44-9-6-16-1-3-21(35)23(37)11-16)20(30(43)45-10-7-17-2-4-22(36)24(38)12-17)15-46-31(18)48-32-29(42)28(41)27(40)25(14-34)47-32/h1-5,11-12,15,19,25,27-29,31-38,40-42H,6-10,13-14H2/b18-5-/t19-,25+,27+,28-,29+,31-,32-/m0/s1. The number of phenolic OH excluding ortho intramolecular Hbond substituents is 4. The molecule has 0 spiro atoms. The summed E-state index contributed by atoms with van der Waals surface area (Å²) >= 11 is 0. The van der Waals surface area contributed by atoms with Crippen molar-refractivity contribution in [1.82, 2.24) is 0 Å². The minimum Gasteiger partial charge on any atom is -0.504 e. The molecule has 2 aromatic rings. The minimum absolute atomic E-state index is 0.0211. The summed E-state index contributed by atoms with van der Waals surface area (Å²) in [7, 11) is 0. The summed E-state index contributed by atoms with van der Waals surface area (Å²) in [6, 6.07) is 8.21. The fourth-order valence-corrected chi connectivity index (χ4v) is 5.12. The highest BCUT2D eigenvalue weighted by molar-refractivity contribution is 5.91. The number of esters is 2. The molecule has 0 bridgehead atoms. The van der Waals surface area contributed by atoms with E-state index in [0.717, 1.165) is 6.26 Å². The van der Waals surface area contributed by atoms with Crippen molar-refractivity contribution in [3.63, 3.8) is 0 Å². The number of carbonyl (C=O) groups is 2. The lowest BCUT2D eigenvalue weighted by atomic mass is 9.86. The second-order valence-electron chi connectivity index (χ2n) is 11.0. The summed E-state index contributed by atoms with van der Waals surface area (Å²) in [4.78, 5) is 26.3. The predicted octanol–water partition coefficient (Wildman–Crippen LogP) is -0.638. The molecular weight excluding hydrogens is 640 g/mol. The van der Waals surface area contributed by atoms with Gasteiger partial charge in [0.15, 0.2) is 29.3 Å². The van der Waals surface area contributed by atoms with Crippen LogP contribution in [0.25, 0.3) is 0 Å². The second-order valence-corrected chi connectivity index (χ2v) is 11.0. The van der Waals surface area contributed by atoms with Gasteiger partial charge in [-0.1, -0.05) is 18.2 Å². The fourth-order valence-electron chi connectivity index (χ4n) is 5.12. The second kappa shape index (κ2) is 16.6. The van der Waals surface area contributed by atoms with Crippen molar-refractivity contribution >= 4 is 11.9 Å². The Bertz CT molecular complexity index is 1490. The molecule has 2 heterocycles. The Labute approximate surface area is 273 Å². The smallest absolute Gasteiger partial charge is 0.337 e. The number of hydrogen-bond acceptors (Lipinski definition) is 16. The Morgan fingerprint density at radius 1 is 0.792 bits per heavy atom. The zero-order valence-corrected chi connectivity index (χ0v) is 25.5. The molecule has 9 N–H and O–H groups in total. The first-order chi connectivity index (χ1) is 22.9. The summed E-state index contributed by atoms with van der Waals surface area (Å²) in [6.07, 6.45) is -7.71. The molecule has 0 radical (unpaired) electrons. The summed E-state index contributed by atoms with van der Waals surface area (Å²) in [5, 5.41) is 88.6. The topological polar surface area (TPSA) is 262 Å². The lowest BCUT2D eigenvalue weighted by Gasteiger charge is -2.42. The monoisotopic (exact) mass is 678 g/mol. The first-order valence-electron chi connectivity index (χ1n) is 14.9. The molecule has 0 aromatic heterocycles. The van der Waals surface area contributed by atoms with Gasteiger partial charge in [-0.15, -0.1) is 0 Å². The Balaban J connectivity index is 1.51. The van der Waals surface area contributed by atoms with Gasteiger partial charge in [-0.05, 0) is 35.4 Å². The van der Waals surface area contributed by atoms with Gasteiger partial charge in [-0.3, -0.25) is 4.79 Å². The van der Waals surface area contributed by atoms with Crippen LogP contribution in [0.2, 0.25) is 0 Å². The summed E-state index contributed by atoms with van der Waals surface area (Å²) < 4.78 is 27.5. The maximum Gasteiger partial charge on any atom is 0.337 e. The molecule has 1 fully saturated rings. The van der Waals surface area contributed by atoms with Crippen LogP contribution < -0.4 is 0 Å². The van der Waals surface area contributed by atoms with Crippen molar-refractivity contribution in [2.24, 2.45) is 5.92 Å². The third-order valence-corrected chi connectivity index (χ3v) is 7.77. The number of ether oxygens (including phenoxy) is 5. The molecule has 16 nitrogen and oxygen atoms in total. The van der Waals surface area contributed by atoms with Crippen molar-refractivity contribution in [1.29, 1.82) is 0 Å². The Morgan fingerprint density at radius 2 is 1.40 bits per heavy atom. The zero-order chi connectivity index (χ0) is 35.0. The van der Waals surface area contributed by atoms with Gasteiger partial charge in [0.2, 0.25) is 6.29 Å². The van der Waals surface area contributed by atoms with E-state index in [1.807, 2.05) is 0 Å². The first-order valence-corrected chi connectivity index (χ1v) is 14.9. The van der Waals surface area contributed by atoms with Crippen molar-refractivity contribution in [2.75, 3.05) is 26.4 Å². The number of aliphatic hydroxyl groups excluding tert-OH is 5. The SMILES string of the molecule is O=C(C[C@@H]1C(C(=O)OCCc2ccc(O)c(O)c2)=CO[C@@H](O[C@@H]2O[C@H](CO)[C@@H](O)[C@H](O)[C@H]2O)/C1=C\CO)OCCc1ccc(O)c(O)c1. The quantitative estimate of drug-likeness (QED) is 0.0725. The van der Waals surface area contributed by atoms with E-state index in [9.17, 15) is 55.5 Å². The maximum absolute atomic E-state index is 13.3. The predicted molar refractivity (Wildman–Crippen MR) is 160 cm³/mol. The third kappa shape index (κ3) is 8.93. The Morgan fingerprint density at radius 3 is 1.96 bits per heavy atom. The first kappa shape index (κ1) is 36.4. The molecule has 2 aliphatic heterocycles. The van der Waals surface area contributed by atoms with E-state index in [1.165, 1.54) is 42.5 Å². The van der Waals surface area contributed by atoms with Crippen molar-refractivity contribution < 1.29 is 79.2 Å². The van der Waals surface area contributed by atoms with Crippen LogP contribution in [0.15, 0.2) is 59.9 Å². The lowest BCUT2D eigenvalue weighted by molar-refractivity contribution is -0.327. The van der Waals surface area contributed by atoms with Gasteiger partial charge in [0.25, 0.3) is 0 Å². The largest absolute Gasteiger partial charge is 0.504 e. The molecule has 2 aromatic carbocycles. The van der Waals surface area contributed by atoms with Gasteiger partial charge >= 0.3 is 11.9 Å². The van der Waals surface area contributed by atoms with Gasteiger partial charge < -0.3 is 69.6 Å². The molecule has 48 heavy (non-hydrogen) atoms. The van der Waals surface area contributed by atoms with Crippen molar-refractivity contribution in [3.8, 4) is 23.0 Å². The van der Waals surface area contributed by atoms with Crippen LogP contribution in [0.1, 0.15) is 17.5 Å². The molecule has 2 aliphatic rings. The highest BCUT2D eigenvalue weighted by Crippen LogP contribution is 2.36. The van der Waals surface area contributed by atoms with Crippen LogP contribution in [0.3, 0.4) is 0 Å². The highest BCUT2D eigenvalue weighted by atomic mass is 16.8. The van der Waals surface area contributed by atoms with Crippen LogP contribution in [-0.2, 0) is 46.1 Å². The van der Waals surface area contributed by atoms with E-state index in [2.05, 4.69) is 0 Å². The van der Waals surface area contributed by atoms with Gasteiger partial charge in [0.1, 0.15) is 24.4 Å². The molecule has 7 atom stereocenters. The molecule has 4 rings (SSSR count). The number of aliphatic hydroxyl groups is 5. The normalized spacial score (nSPS) is 26.4. The van der Waals surface area contributed by atoms with Crippen LogP contribution in [0.5, 0.6) is 23.0 Å². The van der Waals surface area contributed by atoms with Crippen LogP contribution >= 0.6 is 0 Å². The molecular formula is C32H38O16. The Kier molecular flexibility index (Phi) is 12.6. The minimum atomic E-state index is -1.81. The van der Waals surface area contributed by atoms with Gasteiger partial charge in [0, 0.05) is 24.3 Å². The van der Waals surface area contributed by atoms with E-state index in [1.54, 1.807) is 0 Å². The van der Waals surface area contributed by atoms with Crippen LogP contribution in [0, 0.1) is 5.92 Å². The van der Waals surface area contributed by atoms with E-state index in [4.69, 9.17) is 23.7 Å². The van der Waals surface area contributed by atoms with E-state index >= 15 is 0 Å². The van der Waals surface area contributed by atoms with Gasteiger partial charge in [-0.25, -0.2) is 4.79 Å². The molecule has 0 aliphatic carbocycles. The molecule has 0 unspecified atom stereocenters. The fraction of sp³-hybridized carbons (Fsp3) is 0.438. The van der Waals surface area contributed by atoms with E-state index in [0.29, 0.717) is 11.1 Å². The van der Waals surface area contributed by atoms with Crippen LogP contribution in [0.4, 0.5) is 0 Å². The van der Waals surface area contributed by atoms with Crippen LogP contribution in [-0.4, -0.2) is 121 Å². The highest BCUT2D eigenvalue weighted by Gasteiger charge is 2.47. The van der Waals surface area contributed by atoms with Gasteiger partial charge in [-0.2, -0.15) is 0 Å². The number of carbonyl (C=O) groups excluding carboxylic acids is 2. The average molecular weight is 679 g/mol. The van der Waals surface area contributed by atoms with E-state index < -0.39 is 74.5 Å². The number of phenols is 4. The molecule has 0 amide bonds. The number of hydrogen-bond donors (Lipinski definition) is 9. The zero-order valence-electron chi connectivity index (χ0n) is 25.5. The lowest BCUT2D eigenvalue weighted by Crippen LogP contribution is -2.60. The number of rotatable bonds is 13. The average Bonchev–Trinajstić information content (AvgIpc) is 3.06. The summed E-state index contributed by atoms with van der Waals surface area (Å²) in [5.74, 6) is -4.21. The third-order valence-electron chi connectivity index (χ3n) is 7.77. The van der Waals surface area contributed by atoms with E-state index in [-0.39, 0.29) is 60.2 Å². The molecule has 16 heteroatoms. The van der Waals surface area contributed by atoms with Crippen molar-refractivity contribution in [3.05, 3.63) is 71.0 Å². The molecule has 1 saturated heterocycles.